The van der Waals surface area contributed by atoms with Crippen LogP contribution in [0.1, 0.15) is 19.3 Å². The van der Waals surface area contributed by atoms with Gasteiger partial charge >= 0.3 is 12.0 Å². The molecular formula is C12H21N3O5. The highest BCUT2D eigenvalue weighted by molar-refractivity contribution is 5.86. The van der Waals surface area contributed by atoms with Crippen LogP contribution >= 0.6 is 0 Å². The summed E-state index contributed by atoms with van der Waals surface area (Å²) in [5.74, 6) is -1.18. The third-order valence-corrected chi connectivity index (χ3v) is 3.23. The number of aliphatic carboxylic acids is 1. The lowest BCUT2D eigenvalue weighted by Crippen LogP contribution is -2.59. The zero-order valence-corrected chi connectivity index (χ0v) is 11.8. The molecular weight excluding hydrogens is 266 g/mol. The van der Waals surface area contributed by atoms with Crippen LogP contribution in [0.3, 0.4) is 0 Å². The van der Waals surface area contributed by atoms with E-state index in [1.54, 1.807) is 14.1 Å². The standard InChI is InChI=1S/C12H21N3O5/c1-15(2)9(16)3-6-13-11(19)14-12(10(17)18)4-7-20-8-5-12/h3-8H2,1-2H3,(H,17,18)(H2,13,14,19). The Morgan fingerprint density at radius 3 is 2.35 bits per heavy atom. The summed E-state index contributed by atoms with van der Waals surface area (Å²) >= 11 is 0. The summed E-state index contributed by atoms with van der Waals surface area (Å²) < 4.78 is 5.11. The molecule has 1 fully saturated rings. The first kappa shape index (κ1) is 16.2. The Morgan fingerprint density at radius 2 is 1.85 bits per heavy atom. The van der Waals surface area contributed by atoms with Gasteiger partial charge in [-0.1, -0.05) is 0 Å². The van der Waals surface area contributed by atoms with E-state index in [0.29, 0.717) is 13.2 Å². The van der Waals surface area contributed by atoms with Crippen molar-refractivity contribution in [3.63, 3.8) is 0 Å². The van der Waals surface area contributed by atoms with Crippen LogP contribution in [0.4, 0.5) is 4.79 Å². The Labute approximate surface area is 117 Å². The minimum atomic E-state index is -1.28. The second-order valence-corrected chi connectivity index (χ2v) is 4.92. The van der Waals surface area contributed by atoms with Gasteiger partial charge in [-0.05, 0) is 0 Å². The van der Waals surface area contributed by atoms with Gasteiger partial charge in [-0.3, -0.25) is 4.79 Å². The number of carboxylic acid groups (broad SMARTS) is 1. The lowest BCUT2D eigenvalue weighted by molar-refractivity contribution is -0.148. The maximum Gasteiger partial charge on any atom is 0.329 e. The third kappa shape index (κ3) is 4.37. The second kappa shape index (κ2) is 7.09. The molecule has 0 aliphatic carbocycles. The van der Waals surface area contributed by atoms with E-state index in [0.717, 1.165) is 0 Å². The minimum absolute atomic E-state index is 0.107. The summed E-state index contributed by atoms with van der Waals surface area (Å²) in [6.07, 6.45) is 0.627. The molecule has 114 valence electrons. The molecule has 1 rings (SSSR count). The number of hydrogen-bond donors (Lipinski definition) is 3. The minimum Gasteiger partial charge on any atom is -0.480 e. The van der Waals surface area contributed by atoms with E-state index in [9.17, 15) is 19.5 Å². The summed E-state index contributed by atoms with van der Waals surface area (Å²) in [5.41, 5.74) is -1.28. The molecule has 0 spiro atoms. The average Bonchev–Trinajstić information content (AvgIpc) is 2.39. The molecule has 3 amide bonds. The van der Waals surface area contributed by atoms with E-state index in [2.05, 4.69) is 10.6 Å². The van der Waals surface area contributed by atoms with Gasteiger partial charge in [0, 0.05) is 53.1 Å². The van der Waals surface area contributed by atoms with E-state index in [-0.39, 0.29) is 31.7 Å². The normalized spacial score (nSPS) is 17.1. The quantitative estimate of drug-likeness (QED) is 0.625. The van der Waals surface area contributed by atoms with Crippen molar-refractivity contribution in [3.05, 3.63) is 0 Å². The van der Waals surface area contributed by atoms with Gasteiger partial charge in [-0.15, -0.1) is 0 Å². The van der Waals surface area contributed by atoms with Gasteiger partial charge in [-0.25, -0.2) is 9.59 Å². The summed E-state index contributed by atoms with van der Waals surface area (Å²) in [4.78, 5) is 35.8. The highest BCUT2D eigenvalue weighted by atomic mass is 16.5. The van der Waals surface area contributed by atoms with Gasteiger partial charge < -0.3 is 25.4 Å². The number of carboxylic acids is 1. The number of carbonyl (C=O) groups excluding carboxylic acids is 2. The molecule has 20 heavy (non-hydrogen) atoms. The Morgan fingerprint density at radius 1 is 1.25 bits per heavy atom. The maximum absolute atomic E-state index is 11.7. The van der Waals surface area contributed by atoms with E-state index >= 15 is 0 Å². The first-order valence-electron chi connectivity index (χ1n) is 6.45. The molecule has 8 nitrogen and oxygen atoms in total. The lowest BCUT2D eigenvalue weighted by atomic mass is 9.90. The molecule has 1 aliphatic rings. The molecule has 0 atom stereocenters. The Hall–Kier alpha value is -1.83. The van der Waals surface area contributed by atoms with Gasteiger partial charge in [0.1, 0.15) is 5.54 Å². The van der Waals surface area contributed by atoms with Crippen LogP contribution in [0.5, 0.6) is 0 Å². The van der Waals surface area contributed by atoms with Gasteiger partial charge in [0.05, 0.1) is 0 Å². The van der Waals surface area contributed by atoms with Gasteiger partial charge in [0.25, 0.3) is 0 Å². The number of amides is 3. The summed E-state index contributed by atoms with van der Waals surface area (Å²) in [6, 6.07) is -0.583. The molecule has 0 aromatic carbocycles. The fourth-order valence-electron chi connectivity index (χ4n) is 1.88. The molecule has 0 bridgehead atoms. The number of nitrogens with zero attached hydrogens (tertiary/aromatic N) is 1. The first-order chi connectivity index (χ1) is 9.37. The highest BCUT2D eigenvalue weighted by Gasteiger charge is 2.41. The molecule has 0 saturated carbocycles. The van der Waals surface area contributed by atoms with Crippen molar-refractivity contribution in [2.24, 2.45) is 0 Å². The van der Waals surface area contributed by atoms with Crippen LogP contribution in [-0.4, -0.2) is 67.3 Å². The van der Waals surface area contributed by atoms with Crippen LogP contribution in [0.15, 0.2) is 0 Å². The van der Waals surface area contributed by atoms with Crippen molar-refractivity contribution in [2.45, 2.75) is 24.8 Å². The number of urea groups is 1. The number of nitrogens with one attached hydrogen (secondary N) is 2. The molecule has 8 heteroatoms. The fourth-order valence-corrected chi connectivity index (χ4v) is 1.88. The number of carbonyl (C=O) groups is 3. The molecule has 0 radical (unpaired) electrons. The first-order valence-corrected chi connectivity index (χ1v) is 6.45. The van der Waals surface area contributed by atoms with Crippen molar-refractivity contribution in [1.82, 2.24) is 15.5 Å². The highest BCUT2D eigenvalue weighted by Crippen LogP contribution is 2.20. The third-order valence-electron chi connectivity index (χ3n) is 3.23. The summed E-state index contributed by atoms with van der Waals surface area (Å²) in [5, 5.41) is 14.2. The summed E-state index contributed by atoms with van der Waals surface area (Å²) in [7, 11) is 3.26. The Kier molecular flexibility index (Phi) is 5.75. The molecule has 0 aromatic rings. The van der Waals surface area contributed by atoms with E-state index < -0.39 is 17.5 Å². The van der Waals surface area contributed by atoms with E-state index in [4.69, 9.17) is 4.74 Å². The van der Waals surface area contributed by atoms with Gasteiger partial charge in [-0.2, -0.15) is 0 Å². The van der Waals surface area contributed by atoms with Crippen LogP contribution in [0.25, 0.3) is 0 Å². The van der Waals surface area contributed by atoms with Crippen molar-refractivity contribution >= 4 is 17.9 Å². The zero-order chi connectivity index (χ0) is 15.2. The second-order valence-electron chi connectivity index (χ2n) is 4.92. The van der Waals surface area contributed by atoms with E-state index in [1.165, 1.54) is 4.90 Å². The van der Waals surface area contributed by atoms with Crippen molar-refractivity contribution in [3.8, 4) is 0 Å². The molecule has 1 heterocycles. The van der Waals surface area contributed by atoms with E-state index in [1.807, 2.05) is 0 Å². The lowest BCUT2D eigenvalue weighted by Gasteiger charge is -2.33. The molecule has 0 aromatic heterocycles. The van der Waals surface area contributed by atoms with Crippen LogP contribution in [0, 0.1) is 0 Å². The van der Waals surface area contributed by atoms with Gasteiger partial charge in [0.15, 0.2) is 0 Å². The van der Waals surface area contributed by atoms with Gasteiger partial charge in [0.2, 0.25) is 5.91 Å². The van der Waals surface area contributed by atoms with Crippen LogP contribution in [0.2, 0.25) is 0 Å². The Balaban J connectivity index is 2.43. The SMILES string of the molecule is CN(C)C(=O)CCNC(=O)NC1(C(=O)O)CCOCC1. The van der Waals surface area contributed by atoms with Crippen LogP contribution in [-0.2, 0) is 14.3 Å². The van der Waals surface area contributed by atoms with Crippen LogP contribution < -0.4 is 10.6 Å². The smallest absolute Gasteiger partial charge is 0.329 e. The maximum atomic E-state index is 11.7. The predicted octanol–water partition coefficient (Wildman–Crippen LogP) is -0.602. The Bertz CT molecular complexity index is 377. The predicted molar refractivity (Wildman–Crippen MR) is 70.3 cm³/mol. The molecule has 3 N–H and O–H groups in total. The number of hydrogen-bond acceptors (Lipinski definition) is 4. The molecule has 0 unspecified atom stereocenters. The molecule has 1 aliphatic heterocycles. The summed E-state index contributed by atoms with van der Waals surface area (Å²) in [6.45, 7) is 0.756. The largest absolute Gasteiger partial charge is 0.480 e. The van der Waals surface area contributed by atoms with Crippen molar-refractivity contribution < 1.29 is 24.2 Å². The van der Waals surface area contributed by atoms with Crippen molar-refractivity contribution in [1.29, 1.82) is 0 Å². The number of rotatable bonds is 5. The molecule has 1 saturated heterocycles. The average molecular weight is 287 g/mol. The van der Waals surface area contributed by atoms with Crippen molar-refractivity contribution in [2.75, 3.05) is 33.9 Å². The number of ether oxygens (including phenoxy) is 1. The fraction of sp³-hybridized carbons (Fsp3) is 0.750. The zero-order valence-electron chi connectivity index (χ0n) is 11.8. The monoisotopic (exact) mass is 287 g/mol. The topological polar surface area (TPSA) is 108 Å².